The van der Waals surface area contributed by atoms with Gasteiger partial charge in [-0.2, -0.15) is 0 Å². The Kier molecular flexibility index (Phi) is 4.63. The van der Waals surface area contributed by atoms with Crippen LogP contribution in [0.4, 0.5) is 0 Å². The van der Waals surface area contributed by atoms with Gasteiger partial charge in [-0.1, -0.05) is 0 Å². The van der Waals surface area contributed by atoms with Crippen LogP contribution in [0.25, 0.3) is 41.7 Å². The third-order valence-electron chi connectivity index (χ3n) is 5.91. The molecule has 2 aliphatic rings. The van der Waals surface area contributed by atoms with Crippen molar-refractivity contribution in [3.05, 3.63) is 65.9 Å². The van der Waals surface area contributed by atoms with Crippen molar-refractivity contribution in [2.24, 2.45) is 9.98 Å². The molecule has 0 spiro atoms. The molecule has 34 heavy (non-hydrogen) atoms. The molecule has 5 heterocycles. The van der Waals surface area contributed by atoms with Crippen molar-refractivity contribution in [2.75, 3.05) is 26.2 Å². The number of aliphatic imine (C=N–C) groups is 2. The molecule has 0 unspecified atom stereocenters. The largest absolute Gasteiger partial charge is 0.368 e. The van der Waals surface area contributed by atoms with Gasteiger partial charge in [0, 0.05) is 36.0 Å². The summed E-state index contributed by atoms with van der Waals surface area (Å²) in [4.78, 5) is 23.6. The molecule has 0 amide bonds. The quantitative estimate of drug-likeness (QED) is 0.399. The van der Waals surface area contributed by atoms with Crippen LogP contribution in [-0.2, 0) is 0 Å². The molecule has 166 valence electrons. The summed E-state index contributed by atoms with van der Waals surface area (Å²) in [5.41, 5.74) is 6.03. The Morgan fingerprint density at radius 1 is 0.706 bits per heavy atom. The summed E-state index contributed by atoms with van der Waals surface area (Å²) >= 11 is 3.33. The highest BCUT2D eigenvalue weighted by Gasteiger charge is 2.18. The van der Waals surface area contributed by atoms with Gasteiger partial charge in [0.05, 0.1) is 33.5 Å². The van der Waals surface area contributed by atoms with Crippen LogP contribution in [0, 0.1) is 0 Å². The fourth-order valence-electron chi connectivity index (χ4n) is 4.29. The van der Waals surface area contributed by atoms with E-state index in [0.29, 0.717) is 0 Å². The molecule has 0 fully saturated rings. The van der Waals surface area contributed by atoms with E-state index in [2.05, 4.69) is 63.1 Å². The van der Waals surface area contributed by atoms with Gasteiger partial charge in [0.1, 0.15) is 27.4 Å². The highest BCUT2D eigenvalue weighted by molar-refractivity contribution is 7.22. The van der Waals surface area contributed by atoms with E-state index in [0.717, 1.165) is 90.7 Å². The molecular weight excluding hydrogens is 462 g/mol. The standard InChI is InChI=1S/C25H19N7S2/c1-2-16(24-31-17-5-3-14(12-19(17)33-24)22-27-8-9-28-22)21(26-7-1)25-32-18-6-4-15(13-20(18)34-25)23-29-10-11-30-23/h1-7,12-13H,8-11H2,(H,27,28)(H,29,30). The zero-order valence-corrected chi connectivity index (χ0v) is 19.7. The van der Waals surface area contributed by atoms with Crippen molar-refractivity contribution in [1.29, 1.82) is 0 Å². The van der Waals surface area contributed by atoms with Crippen LogP contribution >= 0.6 is 22.7 Å². The van der Waals surface area contributed by atoms with Crippen LogP contribution in [0.2, 0.25) is 0 Å². The fourth-order valence-corrected chi connectivity index (χ4v) is 6.34. The topological polar surface area (TPSA) is 87.5 Å². The van der Waals surface area contributed by atoms with E-state index in [1.807, 2.05) is 12.3 Å². The van der Waals surface area contributed by atoms with Gasteiger partial charge in [0.25, 0.3) is 0 Å². The highest BCUT2D eigenvalue weighted by Crippen LogP contribution is 2.38. The number of thiazole rings is 2. The SMILES string of the molecule is c1cnc(-c2nc3ccc(C4=NCCN4)cc3s2)c(-c2nc3ccc(C4=NCCN4)cc3s2)c1. The van der Waals surface area contributed by atoms with E-state index in [1.54, 1.807) is 22.7 Å². The molecular formula is C25H19N7S2. The number of amidine groups is 2. The third-order valence-corrected chi connectivity index (χ3v) is 7.99. The van der Waals surface area contributed by atoms with Gasteiger partial charge in [-0.05, 0) is 48.5 Å². The van der Waals surface area contributed by atoms with Crippen LogP contribution < -0.4 is 10.6 Å². The number of nitrogens with one attached hydrogen (secondary N) is 2. The minimum atomic E-state index is 0.826. The van der Waals surface area contributed by atoms with Crippen molar-refractivity contribution in [3.8, 4) is 21.3 Å². The minimum Gasteiger partial charge on any atom is -0.368 e. The van der Waals surface area contributed by atoms with Gasteiger partial charge in [0.15, 0.2) is 0 Å². The second-order valence-corrected chi connectivity index (χ2v) is 10.2. The van der Waals surface area contributed by atoms with Crippen LogP contribution in [0.5, 0.6) is 0 Å². The number of hydrogen-bond donors (Lipinski definition) is 2. The Morgan fingerprint density at radius 3 is 1.94 bits per heavy atom. The molecule has 7 rings (SSSR count). The van der Waals surface area contributed by atoms with E-state index >= 15 is 0 Å². The maximum atomic E-state index is 4.93. The first-order valence-corrected chi connectivity index (χ1v) is 12.8. The number of hydrogen-bond acceptors (Lipinski definition) is 9. The van der Waals surface area contributed by atoms with Crippen molar-refractivity contribution in [2.45, 2.75) is 0 Å². The maximum absolute atomic E-state index is 4.93. The molecule has 7 nitrogen and oxygen atoms in total. The van der Waals surface area contributed by atoms with E-state index in [9.17, 15) is 0 Å². The number of aromatic nitrogens is 3. The summed E-state index contributed by atoms with van der Waals surface area (Å²) in [6, 6.07) is 16.7. The molecule has 0 bridgehead atoms. The van der Waals surface area contributed by atoms with E-state index in [4.69, 9.17) is 15.0 Å². The smallest absolute Gasteiger partial charge is 0.143 e. The molecule has 2 aliphatic heterocycles. The number of rotatable bonds is 4. The first kappa shape index (κ1) is 19.7. The van der Waals surface area contributed by atoms with Crippen molar-refractivity contribution in [1.82, 2.24) is 25.6 Å². The van der Waals surface area contributed by atoms with Crippen molar-refractivity contribution >= 4 is 54.8 Å². The molecule has 9 heteroatoms. The predicted octanol–water partition coefficient (Wildman–Crippen LogP) is 4.33. The monoisotopic (exact) mass is 481 g/mol. The lowest BCUT2D eigenvalue weighted by atomic mass is 10.2. The molecule has 0 saturated heterocycles. The Balaban J connectivity index is 1.30. The first-order chi connectivity index (χ1) is 16.8. The van der Waals surface area contributed by atoms with Crippen molar-refractivity contribution in [3.63, 3.8) is 0 Å². The summed E-state index contributed by atoms with van der Waals surface area (Å²) in [6.45, 7) is 3.45. The average Bonchev–Trinajstić information content (AvgIpc) is 3.69. The fraction of sp³-hybridized carbons (Fsp3) is 0.160. The van der Waals surface area contributed by atoms with Gasteiger partial charge in [-0.25, -0.2) is 9.97 Å². The molecule has 5 aromatic rings. The number of benzene rings is 2. The zero-order chi connectivity index (χ0) is 22.5. The third kappa shape index (κ3) is 3.36. The zero-order valence-electron chi connectivity index (χ0n) is 18.1. The van der Waals surface area contributed by atoms with E-state index in [1.165, 1.54) is 0 Å². The Morgan fingerprint density at radius 2 is 1.32 bits per heavy atom. The summed E-state index contributed by atoms with van der Waals surface area (Å²) in [5, 5.41) is 8.53. The number of nitrogens with zero attached hydrogens (tertiary/aromatic N) is 5. The molecule has 2 aromatic carbocycles. The second kappa shape index (κ2) is 7.96. The van der Waals surface area contributed by atoms with E-state index in [-0.39, 0.29) is 0 Å². The number of fused-ring (bicyclic) bond motifs is 2. The van der Waals surface area contributed by atoms with Crippen LogP contribution in [0.3, 0.4) is 0 Å². The van der Waals surface area contributed by atoms with Crippen molar-refractivity contribution < 1.29 is 0 Å². The Hall–Kier alpha value is -3.69. The lowest BCUT2D eigenvalue weighted by Crippen LogP contribution is -2.19. The number of pyridine rings is 1. The normalized spacial score (nSPS) is 15.4. The van der Waals surface area contributed by atoms with Crippen LogP contribution in [0.1, 0.15) is 11.1 Å². The second-order valence-electron chi connectivity index (χ2n) is 8.12. The first-order valence-electron chi connectivity index (χ1n) is 11.2. The summed E-state index contributed by atoms with van der Waals surface area (Å²) in [6.07, 6.45) is 1.82. The molecule has 0 radical (unpaired) electrons. The lowest BCUT2D eigenvalue weighted by molar-refractivity contribution is 0.960. The summed E-state index contributed by atoms with van der Waals surface area (Å²) in [5.74, 6) is 1.93. The Bertz CT molecular complexity index is 1510. The lowest BCUT2D eigenvalue weighted by Gasteiger charge is -2.02. The van der Waals surface area contributed by atoms with Gasteiger partial charge >= 0.3 is 0 Å². The summed E-state index contributed by atoms with van der Waals surface area (Å²) in [7, 11) is 0. The molecule has 2 N–H and O–H groups in total. The van der Waals surface area contributed by atoms with Gasteiger partial charge in [-0.15, -0.1) is 22.7 Å². The molecule has 0 saturated carbocycles. The molecule has 0 aliphatic carbocycles. The Labute approximate surface area is 203 Å². The van der Waals surface area contributed by atoms with Gasteiger partial charge < -0.3 is 10.6 Å². The van der Waals surface area contributed by atoms with Crippen LogP contribution in [-0.4, -0.2) is 52.8 Å². The minimum absolute atomic E-state index is 0.826. The molecule has 3 aromatic heterocycles. The summed E-state index contributed by atoms with van der Waals surface area (Å²) < 4.78 is 2.26. The predicted molar refractivity (Wildman–Crippen MR) is 140 cm³/mol. The molecule has 0 atom stereocenters. The maximum Gasteiger partial charge on any atom is 0.143 e. The van der Waals surface area contributed by atoms with E-state index < -0.39 is 0 Å². The van der Waals surface area contributed by atoms with Crippen LogP contribution in [0.15, 0.2) is 64.7 Å². The van der Waals surface area contributed by atoms with Gasteiger partial charge in [-0.3, -0.25) is 15.0 Å². The highest BCUT2D eigenvalue weighted by atomic mass is 32.1. The average molecular weight is 482 g/mol. The van der Waals surface area contributed by atoms with Gasteiger partial charge in [0.2, 0.25) is 0 Å².